The molecule has 0 fully saturated rings. The van der Waals surface area contributed by atoms with Gasteiger partial charge in [0.1, 0.15) is 0 Å². The number of methoxy groups -OCH3 is 1. The largest absolute Gasteiger partial charge is 0.490 e. The Morgan fingerprint density at radius 3 is 2.43 bits per heavy atom. The Balaban J connectivity index is 1.96. The van der Waals surface area contributed by atoms with Crippen molar-refractivity contribution in [3.05, 3.63) is 63.7 Å². The van der Waals surface area contributed by atoms with E-state index in [-0.39, 0.29) is 34.0 Å². The fourth-order valence-corrected chi connectivity index (χ4v) is 4.11. The van der Waals surface area contributed by atoms with Gasteiger partial charge in [-0.25, -0.2) is 13.6 Å². The fraction of sp³-hybridized carbons (Fsp3) is 0.316. The van der Waals surface area contributed by atoms with E-state index in [2.05, 4.69) is 0 Å². The number of primary sulfonamides is 1. The van der Waals surface area contributed by atoms with Gasteiger partial charge in [-0.1, -0.05) is 18.2 Å². The van der Waals surface area contributed by atoms with Crippen LogP contribution in [0.2, 0.25) is 0 Å². The number of hydrogen-bond acceptors (Lipinski definition) is 7. The Kier molecular flexibility index (Phi) is 7.82. The molecule has 0 aliphatic heterocycles. The van der Waals surface area contributed by atoms with E-state index in [1.54, 1.807) is 30.1 Å². The molecule has 0 saturated heterocycles. The third-order valence-corrected chi connectivity index (χ3v) is 6.52. The number of hydrogen-bond donors (Lipinski definition) is 1. The molecule has 1 unspecified atom stereocenters. The summed E-state index contributed by atoms with van der Waals surface area (Å²) in [5.74, 6) is 0.690. The van der Waals surface area contributed by atoms with Gasteiger partial charge >= 0.3 is 5.69 Å². The zero-order chi connectivity index (χ0) is 22.5. The number of benzene rings is 2. The van der Waals surface area contributed by atoms with E-state index in [0.717, 1.165) is 11.1 Å². The highest BCUT2D eigenvalue weighted by molar-refractivity contribution is 7.99. The van der Waals surface area contributed by atoms with Crippen LogP contribution in [0.5, 0.6) is 5.75 Å². The SMILES string of the molecule is COc1ccc(CSCC(=O)N(C)C(C)c2ccc(S(N)(=O)=O)cc2)cc1[N+](=O)[O-]. The molecule has 2 rings (SSSR count). The van der Waals surface area contributed by atoms with Gasteiger partial charge in [0.2, 0.25) is 15.9 Å². The van der Waals surface area contributed by atoms with E-state index >= 15 is 0 Å². The number of amides is 1. The average molecular weight is 454 g/mol. The first-order chi connectivity index (χ1) is 14.0. The lowest BCUT2D eigenvalue weighted by Gasteiger charge is -2.25. The summed E-state index contributed by atoms with van der Waals surface area (Å²) >= 11 is 1.34. The number of carbonyl (C=O) groups is 1. The molecule has 9 nitrogen and oxygen atoms in total. The highest BCUT2D eigenvalue weighted by atomic mass is 32.2. The molecular weight excluding hydrogens is 430 g/mol. The molecule has 0 spiro atoms. The number of thioether (sulfide) groups is 1. The van der Waals surface area contributed by atoms with Crippen molar-refractivity contribution in [1.82, 2.24) is 4.90 Å². The minimum atomic E-state index is -3.77. The topological polar surface area (TPSA) is 133 Å². The summed E-state index contributed by atoms with van der Waals surface area (Å²) in [7, 11) is -0.731. The Bertz CT molecular complexity index is 1030. The van der Waals surface area contributed by atoms with Gasteiger partial charge in [-0.3, -0.25) is 14.9 Å². The van der Waals surface area contributed by atoms with Crippen molar-refractivity contribution in [2.24, 2.45) is 5.14 Å². The molecule has 2 aromatic carbocycles. The van der Waals surface area contributed by atoms with Crippen LogP contribution in [0.15, 0.2) is 47.4 Å². The quantitative estimate of drug-likeness (QED) is 0.456. The van der Waals surface area contributed by atoms with Crippen LogP contribution >= 0.6 is 11.8 Å². The molecular formula is C19H23N3O6S2. The standard InChI is InChI=1S/C19H23N3O6S2/c1-13(15-5-7-16(8-6-15)30(20,26)27)21(2)19(23)12-29-11-14-4-9-18(28-3)17(10-14)22(24)25/h4-10,13H,11-12H2,1-3H3,(H2,20,26,27). The monoisotopic (exact) mass is 453 g/mol. The molecule has 0 radical (unpaired) electrons. The number of carbonyl (C=O) groups excluding carboxylic acids is 1. The molecule has 0 heterocycles. The van der Waals surface area contributed by atoms with Crippen molar-refractivity contribution in [1.29, 1.82) is 0 Å². The van der Waals surface area contributed by atoms with Crippen LogP contribution in [0.4, 0.5) is 5.69 Å². The first kappa shape index (κ1) is 23.6. The van der Waals surface area contributed by atoms with Crippen molar-refractivity contribution < 1.29 is 22.9 Å². The predicted molar refractivity (Wildman–Crippen MR) is 115 cm³/mol. The van der Waals surface area contributed by atoms with Crippen LogP contribution in [0.25, 0.3) is 0 Å². The summed E-state index contributed by atoms with van der Waals surface area (Å²) in [6, 6.07) is 10.5. The number of nitrogens with zero attached hydrogens (tertiary/aromatic N) is 2. The third kappa shape index (κ3) is 5.94. The zero-order valence-electron chi connectivity index (χ0n) is 16.8. The van der Waals surface area contributed by atoms with E-state index in [1.807, 2.05) is 6.92 Å². The number of nitro groups is 1. The summed E-state index contributed by atoms with van der Waals surface area (Å²) in [5, 5.41) is 16.2. The van der Waals surface area contributed by atoms with Crippen LogP contribution in [-0.2, 0) is 20.6 Å². The van der Waals surface area contributed by atoms with Crippen molar-refractivity contribution in [2.45, 2.75) is 23.6 Å². The van der Waals surface area contributed by atoms with Gasteiger partial charge in [0.05, 0.1) is 28.7 Å². The lowest BCUT2D eigenvalue weighted by molar-refractivity contribution is -0.385. The molecule has 0 saturated carbocycles. The van der Waals surface area contributed by atoms with Crippen LogP contribution in [-0.4, -0.2) is 44.1 Å². The van der Waals surface area contributed by atoms with E-state index < -0.39 is 14.9 Å². The molecule has 1 atom stereocenters. The second-order valence-corrected chi connectivity index (χ2v) is 9.10. The lowest BCUT2D eigenvalue weighted by atomic mass is 10.1. The highest BCUT2D eigenvalue weighted by Gasteiger charge is 2.19. The smallest absolute Gasteiger partial charge is 0.311 e. The number of nitro benzene ring substituents is 1. The molecule has 162 valence electrons. The van der Waals surface area contributed by atoms with Crippen molar-refractivity contribution in [2.75, 3.05) is 19.9 Å². The molecule has 0 aromatic heterocycles. The van der Waals surface area contributed by atoms with E-state index in [4.69, 9.17) is 9.88 Å². The van der Waals surface area contributed by atoms with Crippen LogP contribution in [0.3, 0.4) is 0 Å². The second-order valence-electron chi connectivity index (χ2n) is 6.55. The van der Waals surface area contributed by atoms with Gasteiger partial charge in [-0.2, -0.15) is 0 Å². The maximum atomic E-state index is 12.5. The van der Waals surface area contributed by atoms with Gasteiger partial charge in [-0.15, -0.1) is 11.8 Å². The van der Waals surface area contributed by atoms with Gasteiger partial charge in [-0.05, 0) is 36.2 Å². The van der Waals surface area contributed by atoms with Crippen molar-refractivity contribution in [3.63, 3.8) is 0 Å². The number of nitrogens with two attached hydrogens (primary N) is 1. The van der Waals surface area contributed by atoms with Crippen LogP contribution < -0.4 is 9.88 Å². The number of ether oxygens (including phenoxy) is 1. The molecule has 11 heteroatoms. The maximum absolute atomic E-state index is 12.5. The maximum Gasteiger partial charge on any atom is 0.311 e. The van der Waals surface area contributed by atoms with Gasteiger partial charge in [0.15, 0.2) is 5.75 Å². The van der Waals surface area contributed by atoms with Crippen molar-refractivity contribution >= 4 is 33.4 Å². The molecule has 1 amide bonds. The van der Waals surface area contributed by atoms with Crippen LogP contribution in [0.1, 0.15) is 24.1 Å². The first-order valence-corrected chi connectivity index (χ1v) is 11.5. The Morgan fingerprint density at radius 2 is 1.90 bits per heavy atom. The Morgan fingerprint density at radius 1 is 1.27 bits per heavy atom. The molecule has 2 N–H and O–H groups in total. The average Bonchev–Trinajstić information content (AvgIpc) is 2.71. The summed E-state index contributed by atoms with van der Waals surface area (Å²) in [6.07, 6.45) is 0. The predicted octanol–water partition coefficient (Wildman–Crippen LogP) is 2.70. The van der Waals surface area contributed by atoms with E-state index in [1.165, 1.54) is 43.1 Å². The summed E-state index contributed by atoms with van der Waals surface area (Å²) in [6.45, 7) is 1.83. The van der Waals surface area contributed by atoms with E-state index in [0.29, 0.717) is 5.75 Å². The highest BCUT2D eigenvalue weighted by Crippen LogP contribution is 2.29. The fourth-order valence-electron chi connectivity index (χ4n) is 2.70. The molecule has 0 aliphatic carbocycles. The number of sulfonamides is 1. The number of rotatable bonds is 9. The van der Waals surface area contributed by atoms with Gasteiger partial charge < -0.3 is 9.64 Å². The molecule has 30 heavy (non-hydrogen) atoms. The minimum absolute atomic E-state index is 0.0107. The zero-order valence-corrected chi connectivity index (χ0v) is 18.4. The Hall–Kier alpha value is -2.63. The first-order valence-electron chi connectivity index (χ1n) is 8.82. The Labute approximate surface area is 179 Å². The normalized spacial score (nSPS) is 12.3. The van der Waals surface area contributed by atoms with E-state index in [9.17, 15) is 23.3 Å². The molecule has 2 aromatic rings. The summed E-state index contributed by atoms with van der Waals surface area (Å²) in [4.78, 5) is 24.7. The summed E-state index contributed by atoms with van der Waals surface area (Å²) < 4.78 is 27.7. The van der Waals surface area contributed by atoms with Gasteiger partial charge in [0, 0.05) is 18.9 Å². The lowest BCUT2D eigenvalue weighted by Crippen LogP contribution is -2.31. The van der Waals surface area contributed by atoms with Crippen molar-refractivity contribution in [3.8, 4) is 5.75 Å². The van der Waals surface area contributed by atoms with Gasteiger partial charge in [0.25, 0.3) is 0 Å². The van der Waals surface area contributed by atoms with Crippen LogP contribution in [0, 0.1) is 10.1 Å². The summed E-state index contributed by atoms with van der Waals surface area (Å²) in [5.41, 5.74) is 1.37. The second kappa shape index (κ2) is 9.92. The molecule has 0 aliphatic rings. The third-order valence-electron chi connectivity index (χ3n) is 4.60. The molecule has 0 bridgehead atoms. The minimum Gasteiger partial charge on any atom is -0.490 e.